The van der Waals surface area contributed by atoms with E-state index < -0.39 is 0 Å². The van der Waals surface area contributed by atoms with Crippen LogP contribution in [0.5, 0.6) is 23.0 Å². The van der Waals surface area contributed by atoms with Gasteiger partial charge in [-0.3, -0.25) is 0 Å². The second-order valence-corrected chi connectivity index (χ2v) is 5.55. The highest BCUT2D eigenvalue weighted by Crippen LogP contribution is 2.33. The van der Waals surface area contributed by atoms with Crippen LogP contribution in [0.15, 0.2) is 36.4 Å². The van der Waals surface area contributed by atoms with Gasteiger partial charge in [-0.2, -0.15) is 0 Å². The number of rotatable bonds is 2. The summed E-state index contributed by atoms with van der Waals surface area (Å²) in [4.78, 5) is 0. The third-order valence-electron chi connectivity index (χ3n) is 4.00. The van der Waals surface area contributed by atoms with Crippen molar-refractivity contribution >= 4 is 0 Å². The molecule has 2 heterocycles. The van der Waals surface area contributed by atoms with Crippen molar-refractivity contribution in [1.29, 1.82) is 0 Å². The SMILES string of the molecule is c1cc2c(cc1Oc1ccc3c(c1)CCCO3)CCCO2. The topological polar surface area (TPSA) is 27.7 Å². The van der Waals surface area contributed by atoms with Crippen LogP contribution in [0.4, 0.5) is 0 Å². The molecule has 0 atom stereocenters. The normalized spacial score (nSPS) is 16.2. The summed E-state index contributed by atoms with van der Waals surface area (Å²) in [7, 11) is 0. The number of hydrogen-bond acceptors (Lipinski definition) is 3. The van der Waals surface area contributed by atoms with Crippen LogP contribution in [0.25, 0.3) is 0 Å². The Balaban J connectivity index is 1.58. The van der Waals surface area contributed by atoms with Gasteiger partial charge in [-0.15, -0.1) is 0 Å². The van der Waals surface area contributed by atoms with Gasteiger partial charge in [0.25, 0.3) is 0 Å². The van der Waals surface area contributed by atoms with Crippen LogP contribution in [-0.4, -0.2) is 13.2 Å². The molecule has 0 saturated carbocycles. The molecule has 3 nitrogen and oxygen atoms in total. The summed E-state index contributed by atoms with van der Waals surface area (Å²) in [5.41, 5.74) is 2.47. The minimum absolute atomic E-state index is 0.817. The first-order valence-electron chi connectivity index (χ1n) is 7.58. The van der Waals surface area contributed by atoms with Gasteiger partial charge in [0.2, 0.25) is 0 Å². The molecule has 0 aromatic heterocycles. The molecule has 4 rings (SSSR count). The van der Waals surface area contributed by atoms with Gasteiger partial charge in [-0.05, 0) is 73.2 Å². The Hall–Kier alpha value is -2.16. The summed E-state index contributed by atoms with van der Waals surface area (Å²) in [5.74, 6) is 3.73. The monoisotopic (exact) mass is 282 g/mol. The lowest BCUT2D eigenvalue weighted by atomic mass is 10.1. The molecule has 0 N–H and O–H groups in total. The number of aryl methyl sites for hydroxylation is 2. The molecule has 2 aliphatic rings. The van der Waals surface area contributed by atoms with E-state index in [4.69, 9.17) is 14.2 Å². The fourth-order valence-electron chi connectivity index (χ4n) is 2.94. The van der Waals surface area contributed by atoms with Crippen LogP contribution >= 0.6 is 0 Å². The largest absolute Gasteiger partial charge is 0.493 e. The Labute approximate surface area is 124 Å². The Morgan fingerprint density at radius 2 is 1.24 bits per heavy atom. The van der Waals surface area contributed by atoms with Gasteiger partial charge in [0.05, 0.1) is 13.2 Å². The Morgan fingerprint density at radius 3 is 1.76 bits per heavy atom. The molecule has 2 aromatic rings. The summed E-state index contributed by atoms with van der Waals surface area (Å²) >= 11 is 0. The van der Waals surface area contributed by atoms with E-state index in [2.05, 4.69) is 12.1 Å². The van der Waals surface area contributed by atoms with Crippen molar-refractivity contribution in [3.8, 4) is 23.0 Å². The quantitative estimate of drug-likeness (QED) is 0.829. The molecule has 0 aliphatic carbocycles. The van der Waals surface area contributed by atoms with Crippen LogP contribution in [0.1, 0.15) is 24.0 Å². The lowest BCUT2D eigenvalue weighted by Gasteiger charge is -2.19. The van der Waals surface area contributed by atoms with E-state index in [1.807, 2.05) is 24.3 Å². The first-order chi connectivity index (χ1) is 10.4. The second kappa shape index (κ2) is 5.32. The zero-order valence-corrected chi connectivity index (χ0v) is 11.9. The van der Waals surface area contributed by atoms with Gasteiger partial charge in [0.1, 0.15) is 23.0 Å². The maximum Gasteiger partial charge on any atom is 0.127 e. The Bertz CT molecular complexity index is 606. The molecule has 0 bridgehead atoms. The maximum atomic E-state index is 6.00. The van der Waals surface area contributed by atoms with E-state index in [1.165, 1.54) is 11.1 Å². The van der Waals surface area contributed by atoms with Crippen molar-refractivity contribution in [2.24, 2.45) is 0 Å². The molecule has 0 fully saturated rings. The van der Waals surface area contributed by atoms with Crippen LogP contribution in [0.3, 0.4) is 0 Å². The van der Waals surface area contributed by atoms with Crippen molar-refractivity contribution in [2.75, 3.05) is 13.2 Å². The van der Waals surface area contributed by atoms with Crippen molar-refractivity contribution in [1.82, 2.24) is 0 Å². The standard InChI is InChI=1S/C18H18O3/c1-3-13-11-15(5-7-17(13)19-9-1)21-16-6-8-18-14(12-16)4-2-10-20-18/h5-8,11-12H,1-4,9-10H2. The van der Waals surface area contributed by atoms with Gasteiger partial charge < -0.3 is 14.2 Å². The molecular formula is C18H18O3. The molecule has 2 aliphatic heterocycles. The number of benzene rings is 2. The highest BCUT2D eigenvalue weighted by molar-refractivity contribution is 5.46. The van der Waals surface area contributed by atoms with E-state index in [1.54, 1.807) is 0 Å². The van der Waals surface area contributed by atoms with Gasteiger partial charge >= 0.3 is 0 Å². The molecule has 0 amide bonds. The first-order valence-corrected chi connectivity index (χ1v) is 7.58. The molecule has 0 unspecified atom stereocenters. The van der Waals surface area contributed by atoms with Gasteiger partial charge in [0, 0.05) is 0 Å². The molecule has 108 valence electrons. The fourth-order valence-corrected chi connectivity index (χ4v) is 2.94. The van der Waals surface area contributed by atoms with Crippen molar-refractivity contribution in [2.45, 2.75) is 25.7 Å². The summed E-state index contributed by atoms with van der Waals surface area (Å²) < 4.78 is 17.3. The van der Waals surface area contributed by atoms with E-state index in [9.17, 15) is 0 Å². The Morgan fingerprint density at radius 1 is 0.714 bits per heavy atom. The van der Waals surface area contributed by atoms with E-state index in [0.29, 0.717) is 0 Å². The minimum Gasteiger partial charge on any atom is -0.493 e. The molecule has 0 radical (unpaired) electrons. The summed E-state index contributed by atoms with van der Waals surface area (Å²) in [6.07, 6.45) is 4.27. The molecule has 3 heteroatoms. The smallest absolute Gasteiger partial charge is 0.127 e. The maximum absolute atomic E-state index is 6.00. The molecule has 0 saturated heterocycles. The summed E-state index contributed by atoms with van der Waals surface area (Å²) in [6.45, 7) is 1.63. The van der Waals surface area contributed by atoms with Crippen LogP contribution < -0.4 is 14.2 Å². The second-order valence-electron chi connectivity index (χ2n) is 5.55. The lowest BCUT2D eigenvalue weighted by Crippen LogP contribution is -2.08. The van der Waals surface area contributed by atoms with Gasteiger partial charge in [0.15, 0.2) is 0 Å². The van der Waals surface area contributed by atoms with E-state index in [0.717, 1.165) is 61.9 Å². The predicted molar refractivity (Wildman–Crippen MR) is 80.6 cm³/mol. The predicted octanol–water partition coefficient (Wildman–Crippen LogP) is 4.13. The first kappa shape index (κ1) is 12.6. The minimum atomic E-state index is 0.817. The van der Waals surface area contributed by atoms with Crippen molar-refractivity contribution < 1.29 is 14.2 Å². The molecule has 21 heavy (non-hydrogen) atoms. The third-order valence-corrected chi connectivity index (χ3v) is 4.00. The molecule has 0 spiro atoms. The average Bonchev–Trinajstić information content (AvgIpc) is 2.55. The summed E-state index contributed by atoms with van der Waals surface area (Å²) in [6, 6.07) is 12.1. The van der Waals surface area contributed by atoms with E-state index >= 15 is 0 Å². The number of fused-ring (bicyclic) bond motifs is 2. The zero-order chi connectivity index (χ0) is 14.1. The number of hydrogen-bond donors (Lipinski definition) is 0. The molecule has 2 aromatic carbocycles. The van der Waals surface area contributed by atoms with Crippen LogP contribution in [0.2, 0.25) is 0 Å². The molecular weight excluding hydrogens is 264 g/mol. The zero-order valence-electron chi connectivity index (χ0n) is 11.9. The van der Waals surface area contributed by atoms with Crippen LogP contribution in [-0.2, 0) is 12.8 Å². The highest BCUT2D eigenvalue weighted by atomic mass is 16.5. The Kier molecular flexibility index (Phi) is 3.18. The fraction of sp³-hybridized carbons (Fsp3) is 0.333. The van der Waals surface area contributed by atoms with Crippen molar-refractivity contribution in [3.05, 3.63) is 47.5 Å². The lowest BCUT2D eigenvalue weighted by molar-refractivity contribution is 0.287. The van der Waals surface area contributed by atoms with Gasteiger partial charge in [-0.25, -0.2) is 0 Å². The van der Waals surface area contributed by atoms with Gasteiger partial charge in [-0.1, -0.05) is 0 Å². The summed E-state index contributed by atoms with van der Waals surface area (Å²) in [5, 5.41) is 0. The third kappa shape index (κ3) is 2.56. The highest BCUT2D eigenvalue weighted by Gasteiger charge is 2.13. The average molecular weight is 282 g/mol. The van der Waals surface area contributed by atoms with Crippen LogP contribution in [0, 0.1) is 0 Å². The number of ether oxygens (including phenoxy) is 3. The van der Waals surface area contributed by atoms with Crippen molar-refractivity contribution in [3.63, 3.8) is 0 Å². The van der Waals surface area contributed by atoms with E-state index in [-0.39, 0.29) is 0 Å².